The van der Waals surface area contributed by atoms with Gasteiger partial charge in [0.05, 0.1) is 12.3 Å². The van der Waals surface area contributed by atoms with Crippen molar-refractivity contribution in [2.45, 2.75) is 23.4 Å². The highest BCUT2D eigenvalue weighted by Crippen LogP contribution is 2.33. The van der Waals surface area contributed by atoms with Crippen LogP contribution in [-0.2, 0) is 28.0 Å². The summed E-state index contributed by atoms with van der Waals surface area (Å²) in [6.07, 6.45) is -4.99. The minimum atomic E-state index is -4.69. The number of ether oxygens (including phenoxy) is 2. The molecule has 1 saturated heterocycles. The lowest BCUT2D eigenvalue weighted by Gasteiger charge is -2.32. The average molecular weight is 526 g/mol. The van der Waals surface area contributed by atoms with E-state index < -0.39 is 56.5 Å². The topological polar surface area (TPSA) is 120 Å². The van der Waals surface area contributed by atoms with Gasteiger partial charge < -0.3 is 14.8 Å². The van der Waals surface area contributed by atoms with Crippen LogP contribution in [-0.4, -0.2) is 47.0 Å². The van der Waals surface area contributed by atoms with Crippen molar-refractivity contribution in [1.82, 2.24) is 24.5 Å². The van der Waals surface area contributed by atoms with Crippen LogP contribution in [0.4, 0.5) is 27.1 Å². The van der Waals surface area contributed by atoms with E-state index in [-0.39, 0.29) is 24.0 Å². The van der Waals surface area contributed by atoms with E-state index in [4.69, 9.17) is 9.47 Å². The van der Waals surface area contributed by atoms with E-state index in [1.165, 1.54) is 7.05 Å². The number of anilines is 1. The monoisotopic (exact) mass is 526 g/mol. The molecule has 1 aliphatic heterocycles. The van der Waals surface area contributed by atoms with Gasteiger partial charge in [0.2, 0.25) is 11.4 Å². The molecule has 0 radical (unpaired) electrons. The Morgan fingerprint density at radius 3 is 2.68 bits per heavy atom. The van der Waals surface area contributed by atoms with Crippen LogP contribution in [0.3, 0.4) is 0 Å². The zero-order valence-corrected chi connectivity index (χ0v) is 18.6. The third-order valence-electron chi connectivity index (χ3n) is 4.65. The number of nitrogens with zero attached hydrogens (tertiary/aromatic N) is 4. The van der Waals surface area contributed by atoms with Crippen LogP contribution in [0.15, 0.2) is 29.4 Å². The van der Waals surface area contributed by atoms with E-state index >= 15 is 0 Å². The summed E-state index contributed by atoms with van der Waals surface area (Å²) >= 11 is 0.690. The number of sulfonamides is 1. The Morgan fingerprint density at radius 2 is 2.03 bits per heavy atom. The van der Waals surface area contributed by atoms with Gasteiger partial charge in [-0.15, -0.1) is 0 Å². The van der Waals surface area contributed by atoms with Crippen LogP contribution in [0, 0.1) is 11.6 Å². The van der Waals surface area contributed by atoms with Crippen molar-refractivity contribution >= 4 is 26.7 Å². The Kier molecular flexibility index (Phi) is 6.45. The maximum absolute atomic E-state index is 14.7. The minimum absolute atomic E-state index is 0.0263. The zero-order valence-electron chi connectivity index (χ0n) is 17.0. The minimum Gasteiger partial charge on any atom is -0.460 e. The molecule has 0 spiro atoms. The number of nitrogens with one attached hydrogen (secondary N) is 2. The third kappa shape index (κ3) is 4.96. The summed E-state index contributed by atoms with van der Waals surface area (Å²) in [5.41, 5.74) is -1.12. The molecule has 2 aromatic heterocycles. The van der Waals surface area contributed by atoms with Crippen molar-refractivity contribution in [3.05, 3.63) is 47.5 Å². The quantitative estimate of drug-likeness (QED) is 0.470. The van der Waals surface area contributed by atoms with Crippen molar-refractivity contribution in [2.24, 2.45) is 7.05 Å². The number of alkyl halides is 3. The Morgan fingerprint density at radius 1 is 1.26 bits per heavy atom. The van der Waals surface area contributed by atoms with Gasteiger partial charge in [-0.25, -0.2) is 22.2 Å². The zero-order chi connectivity index (χ0) is 24.7. The highest BCUT2D eigenvalue weighted by atomic mass is 32.2. The van der Waals surface area contributed by atoms with Gasteiger partial charge in [-0.3, -0.25) is 9.40 Å². The maximum Gasteiger partial charge on any atom is 0.435 e. The smallest absolute Gasteiger partial charge is 0.435 e. The second kappa shape index (κ2) is 9.05. The summed E-state index contributed by atoms with van der Waals surface area (Å²) in [5.74, 6) is -3.29. The van der Waals surface area contributed by atoms with Crippen molar-refractivity contribution < 1.29 is 39.8 Å². The van der Waals surface area contributed by atoms with E-state index in [1.54, 1.807) is 0 Å². The SMILES string of the molecule is Cn1nc(C(F)(F)F)cc1C1NCCOC1Oc1cc(F)c(S(=O)(=O)Nc2ncns2)cc1F. The second-order valence-corrected chi connectivity index (χ2v) is 9.36. The molecule has 2 unspecified atom stereocenters. The highest BCUT2D eigenvalue weighted by Gasteiger charge is 2.38. The molecular formula is C17H15F5N6O4S2. The molecule has 1 aromatic carbocycles. The molecule has 184 valence electrons. The number of benzene rings is 1. The third-order valence-corrected chi connectivity index (χ3v) is 6.71. The lowest BCUT2D eigenvalue weighted by Crippen LogP contribution is -2.45. The number of hydrogen-bond donors (Lipinski definition) is 2. The van der Waals surface area contributed by atoms with Crippen molar-refractivity contribution in [2.75, 3.05) is 17.9 Å². The van der Waals surface area contributed by atoms with Gasteiger partial charge in [0.1, 0.15) is 23.1 Å². The van der Waals surface area contributed by atoms with Crippen molar-refractivity contribution in [3.8, 4) is 5.75 Å². The molecule has 3 aromatic rings. The summed E-state index contributed by atoms with van der Waals surface area (Å²) in [4.78, 5) is 2.60. The molecular weight excluding hydrogens is 511 g/mol. The van der Waals surface area contributed by atoms with Crippen LogP contribution >= 0.6 is 11.5 Å². The molecule has 0 amide bonds. The summed E-state index contributed by atoms with van der Waals surface area (Å²) in [6, 6.07) is 0.676. The average Bonchev–Trinajstić information content (AvgIpc) is 3.39. The normalized spacial score (nSPS) is 19.2. The second-order valence-electron chi connectivity index (χ2n) is 6.93. The lowest BCUT2D eigenvalue weighted by atomic mass is 10.1. The standard InChI is InChI=1S/C17H15F5N6O4S2/c1-28-10(6-13(26-28)17(20,21)22)14-15(31-3-2-23-14)32-11-4-9(19)12(5-8(11)18)34(29,30)27-16-24-7-25-33-16/h4-7,14-15,23H,2-3H2,1H3,(H,24,25,27). The first kappa shape index (κ1) is 24.2. The van der Waals surface area contributed by atoms with Crippen LogP contribution < -0.4 is 14.8 Å². The fourth-order valence-electron chi connectivity index (χ4n) is 3.16. The van der Waals surface area contributed by atoms with Gasteiger partial charge in [0.15, 0.2) is 17.3 Å². The summed E-state index contributed by atoms with van der Waals surface area (Å²) < 4.78 is 111. The summed E-state index contributed by atoms with van der Waals surface area (Å²) in [5, 5.41) is 6.16. The number of halogens is 5. The Bertz CT molecular complexity index is 1280. The molecule has 17 heteroatoms. The fourth-order valence-corrected chi connectivity index (χ4v) is 4.89. The van der Waals surface area contributed by atoms with Crippen LogP contribution in [0.2, 0.25) is 0 Å². The maximum atomic E-state index is 14.7. The molecule has 2 atom stereocenters. The van der Waals surface area contributed by atoms with E-state index in [1.807, 2.05) is 4.72 Å². The number of hydrogen-bond acceptors (Lipinski definition) is 9. The van der Waals surface area contributed by atoms with E-state index in [0.29, 0.717) is 23.7 Å². The first-order valence-corrected chi connectivity index (χ1v) is 11.6. The van der Waals surface area contributed by atoms with E-state index in [9.17, 15) is 30.4 Å². The largest absolute Gasteiger partial charge is 0.460 e. The first-order chi connectivity index (χ1) is 16.0. The molecule has 34 heavy (non-hydrogen) atoms. The van der Waals surface area contributed by atoms with Gasteiger partial charge in [-0.1, -0.05) is 0 Å². The molecule has 3 heterocycles. The van der Waals surface area contributed by atoms with Gasteiger partial charge in [0, 0.05) is 37.3 Å². The number of morpholine rings is 1. The van der Waals surface area contributed by atoms with Gasteiger partial charge >= 0.3 is 6.18 Å². The Labute approximate surface area is 192 Å². The van der Waals surface area contributed by atoms with Crippen LogP contribution in [0.1, 0.15) is 17.4 Å². The molecule has 0 saturated carbocycles. The molecule has 1 fully saturated rings. The number of aromatic nitrogens is 4. The Balaban J connectivity index is 1.60. The molecule has 4 rings (SSSR count). The molecule has 10 nitrogen and oxygen atoms in total. The van der Waals surface area contributed by atoms with Gasteiger partial charge in [-0.2, -0.15) is 22.6 Å². The molecule has 0 bridgehead atoms. The first-order valence-electron chi connectivity index (χ1n) is 9.37. The molecule has 0 aliphatic carbocycles. The predicted octanol–water partition coefficient (Wildman–Crippen LogP) is 2.44. The lowest BCUT2D eigenvalue weighted by molar-refractivity contribution is -0.141. The van der Waals surface area contributed by atoms with Crippen molar-refractivity contribution in [3.63, 3.8) is 0 Å². The number of rotatable bonds is 6. The highest BCUT2D eigenvalue weighted by molar-refractivity contribution is 7.93. The van der Waals surface area contributed by atoms with Gasteiger partial charge in [-0.05, 0) is 6.07 Å². The number of aryl methyl sites for hydroxylation is 1. The Hall–Kier alpha value is -2.89. The van der Waals surface area contributed by atoms with Crippen LogP contribution in [0.25, 0.3) is 0 Å². The summed E-state index contributed by atoms with van der Waals surface area (Å²) in [7, 11) is -3.25. The van der Waals surface area contributed by atoms with Gasteiger partial charge in [0.25, 0.3) is 10.0 Å². The molecule has 2 N–H and O–H groups in total. The fraction of sp³-hybridized carbons (Fsp3) is 0.353. The van der Waals surface area contributed by atoms with Crippen LogP contribution in [0.5, 0.6) is 5.75 Å². The predicted molar refractivity (Wildman–Crippen MR) is 106 cm³/mol. The van der Waals surface area contributed by atoms with Crippen molar-refractivity contribution in [1.29, 1.82) is 0 Å². The van der Waals surface area contributed by atoms with E-state index in [0.717, 1.165) is 17.1 Å². The molecule has 1 aliphatic rings. The van der Waals surface area contributed by atoms with E-state index in [2.05, 4.69) is 19.8 Å². The summed E-state index contributed by atoms with van der Waals surface area (Å²) in [6.45, 7) is 0.301.